The van der Waals surface area contributed by atoms with E-state index in [1.54, 1.807) is 0 Å². The van der Waals surface area contributed by atoms with Crippen LogP contribution in [0.25, 0.3) is 0 Å². The van der Waals surface area contributed by atoms with Crippen molar-refractivity contribution in [2.45, 2.75) is 52.0 Å². The van der Waals surface area contributed by atoms with Gasteiger partial charge in [0, 0.05) is 12.0 Å². The number of rotatable bonds is 4. The van der Waals surface area contributed by atoms with E-state index in [2.05, 4.69) is 19.2 Å². The zero-order chi connectivity index (χ0) is 12.6. The molecule has 0 spiro atoms. The van der Waals surface area contributed by atoms with Gasteiger partial charge in [-0.15, -0.1) is 0 Å². The number of hydrogen-bond donors (Lipinski definition) is 2. The molecule has 2 saturated carbocycles. The lowest BCUT2D eigenvalue weighted by molar-refractivity contribution is -0.142. The second-order valence-electron chi connectivity index (χ2n) is 5.76. The highest BCUT2D eigenvalue weighted by Gasteiger charge is 2.53. The molecule has 96 valence electrons. The molecule has 4 nitrogen and oxygen atoms in total. The molecule has 0 aliphatic heterocycles. The van der Waals surface area contributed by atoms with Crippen LogP contribution in [0.1, 0.15) is 46.0 Å². The third-order valence-electron chi connectivity index (χ3n) is 4.64. The lowest BCUT2D eigenvalue weighted by Crippen LogP contribution is -2.41. The highest BCUT2D eigenvalue weighted by molar-refractivity contribution is 5.83. The predicted octanol–water partition coefficient (Wildman–Crippen LogP) is 1.79. The lowest BCUT2D eigenvalue weighted by atomic mass is 10.0. The Balaban J connectivity index is 1.89. The Kier molecular flexibility index (Phi) is 3.15. The Morgan fingerprint density at radius 2 is 2.12 bits per heavy atom. The average Bonchev–Trinajstić information content (AvgIpc) is 2.75. The number of amides is 1. The Labute approximate surface area is 102 Å². The molecule has 17 heavy (non-hydrogen) atoms. The molecular formula is C13H21NO3. The van der Waals surface area contributed by atoms with Crippen LogP contribution in [0.2, 0.25) is 0 Å². The number of carbonyl (C=O) groups is 2. The van der Waals surface area contributed by atoms with Crippen molar-refractivity contribution in [1.29, 1.82) is 0 Å². The Morgan fingerprint density at radius 3 is 2.65 bits per heavy atom. The summed E-state index contributed by atoms with van der Waals surface area (Å²) < 4.78 is 0. The predicted molar refractivity (Wildman–Crippen MR) is 63.4 cm³/mol. The molecule has 0 saturated heterocycles. The molecule has 0 radical (unpaired) electrons. The first kappa shape index (κ1) is 12.4. The van der Waals surface area contributed by atoms with Crippen LogP contribution in [0.15, 0.2) is 0 Å². The Hall–Kier alpha value is -1.06. The van der Waals surface area contributed by atoms with Crippen molar-refractivity contribution in [2.75, 3.05) is 0 Å². The normalized spacial score (nSPS) is 40.0. The van der Waals surface area contributed by atoms with Gasteiger partial charge in [0.2, 0.25) is 5.91 Å². The van der Waals surface area contributed by atoms with E-state index in [1.165, 1.54) is 0 Å². The molecule has 2 aliphatic rings. The van der Waals surface area contributed by atoms with E-state index in [0.29, 0.717) is 6.42 Å². The van der Waals surface area contributed by atoms with E-state index < -0.39 is 5.97 Å². The third-order valence-corrected chi connectivity index (χ3v) is 4.64. The van der Waals surface area contributed by atoms with Crippen LogP contribution in [-0.4, -0.2) is 23.0 Å². The van der Waals surface area contributed by atoms with Gasteiger partial charge >= 0.3 is 5.97 Å². The summed E-state index contributed by atoms with van der Waals surface area (Å²) in [6.07, 6.45) is 4.35. The van der Waals surface area contributed by atoms with Crippen molar-refractivity contribution in [3.63, 3.8) is 0 Å². The van der Waals surface area contributed by atoms with Gasteiger partial charge < -0.3 is 10.4 Å². The molecule has 2 fully saturated rings. The zero-order valence-electron chi connectivity index (χ0n) is 10.5. The van der Waals surface area contributed by atoms with Gasteiger partial charge in [-0.2, -0.15) is 0 Å². The first-order valence-electron chi connectivity index (χ1n) is 6.51. The summed E-state index contributed by atoms with van der Waals surface area (Å²) in [6.45, 7) is 4.23. The van der Waals surface area contributed by atoms with E-state index in [-0.39, 0.29) is 29.2 Å². The minimum absolute atomic E-state index is 0.0625. The quantitative estimate of drug-likeness (QED) is 0.786. The van der Waals surface area contributed by atoms with E-state index in [4.69, 9.17) is 5.11 Å². The largest absolute Gasteiger partial charge is 0.481 e. The number of carboxylic acid groups (broad SMARTS) is 1. The summed E-state index contributed by atoms with van der Waals surface area (Å²) >= 11 is 0. The molecule has 1 amide bonds. The van der Waals surface area contributed by atoms with Crippen LogP contribution in [-0.2, 0) is 9.59 Å². The second-order valence-corrected chi connectivity index (χ2v) is 5.76. The molecule has 0 bridgehead atoms. The molecule has 0 heterocycles. The summed E-state index contributed by atoms with van der Waals surface area (Å²) in [5.41, 5.74) is 0.154. The molecule has 0 aromatic carbocycles. The van der Waals surface area contributed by atoms with Crippen LogP contribution in [0.5, 0.6) is 0 Å². The summed E-state index contributed by atoms with van der Waals surface area (Å²) in [7, 11) is 0. The molecular weight excluding hydrogens is 218 g/mol. The van der Waals surface area contributed by atoms with Gasteiger partial charge in [0.1, 0.15) is 0 Å². The van der Waals surface area contributed by atoms with Crippen molar-refractivity contribution in [3.05, 3.63) is 0 Å². The fourth-order valence-corrected chi connectivity index (χ4v) is 2.92. The molecule has 0 aromatic rings. The number of carbonyl (C=O) groups excluding carboxylic acids is 1. The molecule has 4 heteroatoms. The standard InChI is InChI=1S/C13H21NO3/c1-3-13(2)7-9(13)11(15)14-10-6-4-5-8(10)12(16)17/h8-10H,3-7H2,1-2H3,(H,14,15)(H,16,17)/t8-,9?,10+,13?/m0/s1. The first-order chi connectivity index (χ1) is 7.98. The molecule has 2 unspecified atom stereocenters. The van der Waals surface area contributed by atoms with Crippen LogP contribution >= 0.6 is 0 Å². The van der Waals surface area contributed by atoms with Crippen molar-refractivity contribution in [3.8, 4) is 0 Å². The van der Waals surface area contributed by atoms with Crippen molar-refractivity contribution >= 4 is 11.9 Å². The van der Waals surface area contributed by atoms with Crippen molar-refractivity contribution in [1.82, 2.24) is 5.32 Å². The summed E-state index contributed by atoms with van der Waals surface area (Å²) in [5, 5.41) is 12.0. The van der Waals surface area contributed by atoms with Crippen LogP contribution in [0.3, 0.4) is 0 Å². The van der Waals surface area contributed by atoms with Gasteiger partial charge in [0.05, 0.1) is 5.92 Å². The highest BCUT2D eigenvalue weighted by Crippen LogP contribution is 2.54. The molecule has 2 N–H and O–H groups in total. The number of hydrogen-bond acceptors (Lipinski definition) is 2. The van der Waals surface area contributed by atoms with Crippen LogP contribution < -0.4 is 5.32 Å². The maximum absolute atomic E-state index is 12.0. The van der Waals surface area contributed by atoms with Crippen LogP contribution in [0, 0.1) is 17.3 Å². The van der Waals surface area contributed by atoms with E-state index >= 15 is 0 Å². The summed E-state index contributed by atoms with van der Waals surface area (Å²) in [4.78, 5) is 23.0. The maximum Gasteiger partial charge on any atom is 0.308 e. The second kappa shape index (κ2) is 4.31. The van der Waals surface area contributed by atoms with Gasteiger partial charge in [0.25, 0.3) is 0 Å². The van der Waals surface area contributed by atoms with Crippen molar-refractivity contribution < 1.29 is 14.7 Å². The topological polar surface area (TPSA) is 66.4 Å². The Morgan fingerprint density at radius 1 is 1.41 bits per heavy atom. The van der Waals surface area contributed by atoms with Crippen LogP contribution in [0.4, 0.5) is 0 Å². The SMILES string of the molecule is CCC1(C)CC1C(=O)N[C@@H]1CCC[C@@H]1C(=O)O. The molecule has 2 rings (SSSR count). The van der Waals surface area contributed by atoms with Gasteiger partial charge in [0.15, 0.2) is 0 Å². The molecule has 4 atom stereocenters. The summed E-state index contributed by atoms with van der Waals surface area (Å²) in [6, 6.07) is -0.151. The van der Waals surface area contributed by atoms with E-state index in [1.807, 2.05) is 0 Å². The van der Waals surface area contributed by atoms with Gasteiger partial charge in [-0.1, -0.05) is 20.3 Å². The van der Waals surface area contributed by atoms with Gasteiger partial charge in [-0.05, 0) is 31.1 Å². The zero-order valence-corrected chi connectivity index (χ0v) is 10.5. The average molecular weight is 239 g/mol. The lowest BCUT2D eigenvalue weighted by Gasteiger charge is -2.18. The van der Waals surface area contributed by atoms with Gasteiger partial charge in [-0.25, -0.2) is 0 Å². The van der Waals surface area contributed by atoms with Gasteiger partial charge in [-0.3, -0.25) is 9.59 Å². The minimum Gasteiger partial charge on any atom is -0.481 e. The monoisotopic (exact) mass is 239 g/mol. The fourth-order valence-electron chi connectivity index (χ4n) is 2.92. The number of aliphatic carboxylic acids is 1. The smallest absolute Gasteiger partial charge is 0.308 e. The maximum atomic E-state index is 12.0. The minimum atomic E-state index is -0.776. The molecule has 0 aromatic heterocycles. The van der Waals surface area contributed by atoms with Crippen molar-refractivity contribution in [2.24, 2.45) is 17.3 Å². The summed E-state index contributed by atoms with van der Waals surface area (Å²) in [5.74, 6) is -0.998. The third kappa shape index (κ3) is 2.31. The van der Waals surface area contributed by atoms with E-state index in [9.17, 15) is 9.59 Å². The first-order valence-corrected chi connectivity index (χ1v) is 6.51. The molecule has 2 aliphatic carbocycles. The van der Waals surface area contributed by atoms with E-state index in [0.717, 1.165) is 25.7 Å². The number of nitrogens with one attached hydrogen (secondary N) is 1. The fraction of sp³-hybridized carbons (Fsp3) is 0.846. The number of carboxylic acids is 1. The Bertz CT molecular complexity index is 342. The highest BCUT2D eigenvalue weighted by atomic mass is 16.4.